The molecule has 0 unspecified atom stereocenters. The molecule has 1 aromatic carbocycles. The minimum Gasteiger partial charge on any atom is -0.391 e. The van der Waals surface area contributed by atoms with E-state index in [1.54, 1.807) is 13.8 Å². The zero-order valence-corrected chi connectivity index (χ0v) is 16.2. The van der Waals surface area contributed by atoms with E-state index in [2.05, 4.69) is 4.98 Å². The number of fused-ring (bicyclic) bond motifs is 1. The fourth-order valence-electron chi connectivity index (χ4n) is 3.91. The summed E-state index contributed by atoms with van der Waals surface area (Å²) in [5, 5.41) is 10.2. The van der Waals surface area contributed by atoms with Crippen molar-refractivity contribution in [2.45, 2.75) is 50.3 Å². The maximum absolute atomic E-state index is 12.4. The summed E-state index contributed by atoms with van der Waals surface area (Å²) in [6.07, 6.45) is -0.629. The first kappa shape index (κ1) is 20.0. The minimum atomic E-state index is -1.54. The van der Waals surface area contributed by atoms with E-state index in [-0.39, 0.29) is 6.61 Å². The maximum atomic E-state index is 12.4. The molecule has 0 bridgehead atoms. The molecule has 0 spiro atoms. The van der Waals surface area contributed by atoms with E-state index >= 15 is 0 Å². The average Bonchev–Trinajstić information content (AvgIpc) is 3.15. The standard InChI is InChI=1S/C20H24N2O7/c1-19(2)28-16-14(11-26-10-13-6-4-3-5-7-13)27-20(12-23,17(16)29-19)22-9-8-15(24)21-18(22)25/h3-9,14,16-17,23H,10-12H2,1-2H3,(H,21,24,25)/t14-,16-,17-,20-/m1/s1. The van der Waals surface area contributed by atoms with Crippen LogP contribution in [-0.4, -0.2) is 52.0 Å². The molecular formula is C20H24N2O7. The van der Waals surface area contributed by atoms with Crippen molar-refractivity contribution in [3.63, 3.8) is 0 Å². The highest BCUT2D eigenvalue weighted by Gasteiger charge is 2.64. The van der Waals surface area contributed by atoms with Crippen LogP contribution in [-0.2, 0) is 31.3 Å². The van der Waals surface area contributed by atoms with Gasteiger partial charge >= 0.3 is 5.69 Å². The van der Waals surface area contributed by atoms with E-state index in [9.17, 15) is 14.7 Å². The lowest BCUT2D eigenvalue weighted by atomic mass is 10.0. The summed E-state index contributed by atoms with van der Waals surface area (Å²) in [4.78, 5) is 26.1. The number of H-pyrrole nitrogens is 1. The van der Waals surface area contributed by atoms with Gasteiger partial charge in [-0.1, -0.05) is 30.3 Å². The molecule has 0 saturated carbocycles. The van der Waals surface area contributed by atoms with Crippen molar-refractivity contribution in [3.8, 4) is 0 Å². The van der Waals surface area contributed by atoms with Crippen LogP contribution in [0.4, 0.5) is 0 Å². The van der Waals surface area contributed by atoms with Crippen molar-refractivity contribution in [2.24, 2.45) is 0 Å². The van der Waals surface area contributed by atoms with Crippen molar-refractivity contribution in [3.05, 3.63) is 69.0 Å². The number of aromatic nitrogens is 2. The zero-order valence-electron chi connectivity index (χ0n) is 16.2. The van der Waals surface area contributed by atoms with Gasteiger partial charge in [-0.25, -0.2) is 4.79 Å². The Morgan fingerprint density at radius 3 is 2.59 bits per heavy atom. The van der Waals surface area contributed by atoms with E-state index in [1.807, 2.05) is 30.3 Å². The van der Waals surface area contributed by atoms with Crippen LogP contribution in [0.5, 0.6) is 0 Å². The van der Waals surface area contributed by atoms with E-state index in [0.29, 0.717) is 6.61 Å². The second-order valence-corrected chi connectivity index (χ2v) is 7.66. The van der Waals surface area contributed by atoms with Crippen molar-refractivity contribution < 1.29 is 24.1 Å². The Morgan fingerprint density at radius 1 is 1.14 bits per heavy atom. The topological polar surface area (TPSA) is 112 Å². The van der Waals surface area contributed by atoms with Crippen molar-refractivity contribution in [1.29, 1.82) is 0 Å². The number of aliphatic hydroxyl groups excluding tert-OH is 1. The number of rotatable bonds is 6. The second kappa shape index (κ2) is 7.51. The normalized spacial score (nSPS) is 30.4. The van der Waals surface area contributed by atoms with Crippen LogP contribution in [0.2, 0.25) is 0 Å². The van der Waals surface area contributed by atoms with Crippen LogP contribution in [0.1, 0.15) is 19.4 Å². The van der Waals surface area contributed by atoms with E-state index in [0.717, 1.165) is 10.1 Å². The van der Waals surface area contributed by atoms with Crippen LogP contribution in [0.15, 0.2) is 52.2 Å². The van der Waals surface area contributed by atoms with Gasteiger partial charge in [-0.05, 0) is 19.4 Å². The number of aliphatic hydroxyl groups is 1. The minimum absolute atomic E-state index is 0.176. The molecule has 2 aromatic rings. The Morgan fingerprint density at radius 2 is 1.90 bits per heavy atom. The second-order valence-electron chi connectivity index (χ2n) is 7.66. The van der Waals surface area contributed by atoms with Gasteiger partial charge in [-0.3, -0.25) is 14.3 Å². The van der Waals surface area contributed by atoms with Gasteiger partial charge < -0.3 is 24.1 Å². The summed E-state index contributed by atoms with van der Waals surface area (Å²) >= 11 is 0. The van der Waals surface area contributed by atoms with Gasteiger partial charge in [-0.2, -0.15) is 0 Å². The lowest BCUT2D eigenvalue weighted by Gasteiger charge is -2.34. The molecule has 0 amide bonds. The number of nitrogens with zero attached hydrogens (tertiary/aromatic N) is 1. The highest BCUT2D eigenvalue weighted by Crippen LogP contribution is 2.46. The molecule has 3 heterocycles. The molecule has 29 heavy (non-hydrogen) atoms. The van der Waals surface area contributed by atoms with Crippen LogP contribution in [0.3, 0.4) is 0 Å². The van der Waals surface area contributed by atoms with Gasteiger partial charge in [0.1, 0.15) is 18.3 Å². The number of nitrogens with one attached hydrogen (secondary N) is 1. The molecule has 2 aliphatic rings. The number of hydrogen-bond acceptors (Lipinski definition) is 7. The van der Waals surface area contributed by atoms with Crippen LogP contribution < -0.4 is 11.2 Å². The van der Waals surface area contributed by atoms with Gasteiger partial charge in [0.2, 0.25) is 5.72 Å². The Balaban J connectivity index is 1.61. The fraction of sp³-hybridized carbons (Fsp3) is 0.500. The first-order chi connectivity index (χ1) is 13.8. The van der Waals surface area contributed by atoms with Crippen molar-refractivity contribution >= 4 is 0 Å². The summed E-state index contributed by atoms with van der Waals surface area (Å²) in [5.41, 5.74) is -1.78. The monoisotopic (exact) mass is 404 g/mol. The third-order valence-corrected chi connectivity index (χ3v) is 5.15. The Labute approximate surface area is 166 Å². The highest BCUT2D eigenvalue weighted by atomic mass is 16.8. The quantitative estimate of drug-likeness (QED) is 0.713. The lowest BCUT2D eigenvalue weighted by Crippen LogP contribution is -2.54. The summed E-state index contributed by atoms with van der Waals surface area (Å²) in [6.45, 7) is 3.52. The summed E-state index contributed by atoms with van der Waals surface area (Å²) < 4.78 is 25.1. The van der Waals surface area contributed by atoms with Gasteiger partial charge in [0, 0.05) is 12.3 Å². The highest BCUT2D eigenvalue weighted by molar-refractivity contribution is 5.13. The SMILES string of the molecule is CC1(C)O[C@H]2[C@@H](O1)[C@](CO)(n1ccc(=O)[nH]c1=O)O[C@@H]2COCc1ccccc1. The molecule has 4 atom stereocenters. The van der Waals surface area contributed by atoms with Crippen LogP contribution in [0.25, 0.3) is 0 Å². The fourth-order valence-corrected chi connectivity index (χ4v) is 3.91. The molecule has 156 valence electrons. The molecular weight excluding hydrogens is 380 g/mol. The van der Waals surface area contributed by atoms with E-state index in [1.165, 1.54) is 12.3 Å². The molecule has 0 radical (unpaired) electrons. The van der Waals surface area contributed by atoms with Gasteiger partial charge in [0.25, 0.3) is 5.56 Å². The van der Waals surface area contributed by atoms with Gasteiger partial charge in [-0.15, -0.1) is 0 Å². The third-order valence-electron chi connectivity index (χ3n) is 5.15. The number of benzene rings is 1. The number of aromatic amines is 1. The van der Waals surface area contributed by atoms with E-state index in [4.69, 9.17) is 18.9 Å². The Kier molecular flexibility index (Phi) is 5.18. The van der Waals surface area contributed by atoms with Crippen molar-refractivity contribution in [2.75, 3.05) is 13.2 Å². The first-order valence-corrected chi connectivity index (χ1v) is 9.43. The maximum Gasteiger partial charge on any atom is 0.330 e. The molecule has 2 fully saturated rings. The Bertz CT molecular complexity index is 971. The number of hydrogen-bond donors (Lipinski definition) is 2. The molecule has 4 rings (SSSR count). The summed E-state index contributed by atoms with van der Waals surface area (Å²) in [7, 11) is 0. The smallest absolute Gasteiger partial charge is 0.330 e. The molecule has 9 nitrogen and oxygen atoms in total. The van der Waals surface area contributed by atoms with E-state index < -0.39 is 47.7 Å². The lowest BCUT2D eigenvalue weighted by molar-refractivity contribution is -0.246. The predicted octanol–water partition coefficient (Wildman–Crippen LogP) is 0.317. The third kappa shape index (κ3) is 3.67. The molecule has 2 N–H and O–H groups in total. The van der Waals surface area contributed by atoms with Crippen LogP contribution >= 0.6 is 0 Å². The zero-order chi connectivity index (χ0) is 20.6. The Hall–Kier alpha value is -2.30. The van der Waals surface area contributed by atoms with Crippen molar-refractivity contribution in [1.82, 2.24) is 9.55 Å². The van der Waals surface area contributed by atoms with Crippen LogP contribution in [0, 0.1) is 0 Å². The molecule has 9 heteroatoms. The van der Waals surface area contributed by atoms with Gasteiger partial charge in [0.15, 0.2) is 5.79 Å². The number of ether oxygens (including phenoxy) is 4. The average molecular weight is 404 g/mol. The molecule has 1 aromatic heterocycles. The summed E-state index contributed by atoms with van der Waals surface area (Å²) in [5.74, 6) is -0.928. The summed E-state index contributed by atoms with van der Waals surface area (Å²) in [6, 6.07) is 10.9. The molecule has 0 aliphatic carbocycles. The largest absolute Gasteiger partial charge is 0.391 e. The molecule has 2 aliphatic heterocycles. The van der Waals surface area contributed by atoms with Gasteiger partial charge in [0.05, 0.1) is 19.8 Å². The first-order valence-electron chi connectivity index (χ1n) is 9.43. The predicted molar refractivity (Wildman–Crippen MR) is 101 cm³/mol. The molecule has 2 saturated heterocycles.